The van der Waals surface area contributed by atoms with Crippen LogP contribution in [-0.2, 0) is 0 Å². The zero-order valence-corrected chi connectivity index (χ0v) is 11.8. The van der Waals surface area contributed by atoms with Crippen LogP contribution < -0.4 is 5.32 Å². The van der Waals surface area contributed by atoms with E-state index in [0.29, 0.717) is 0 Å². The molecule has 0 aromatic heterocycles. The van der Waals surface area contributed by atoms with Gasteiger partial charge in [0.1, 0.15) is 0 Å². The van der Waals surface area contributed by atoms with Crippen LogP contribution in [0.3, 0.4) is 0 Å². The minimum Gasteiger partial charge on any atom is -0.316 e. The average molecular weight is 231 g/mol. The quantitative estimate of drug-likeness (QED) is 0.574. The van der Waals surface area contributed by atoms with Crippen molar-refractivity contribution in [2.24, 2.45) is 11.8 Å². The lowest BCUT2D eigenvalue weighted by atomic mass is 9.95. The van der Waals surface area contributed by atoms with Gasteiger partial charge in [0.15, 0.2) is 0 Å². The number of nitrogens with one attached hydrogen (secondary N) is 1. The van der Waals surface area contributed by atoms with Gasteiger partial charge in [0, 0.05) is 0 Å². The maximum Gasteiger partial charge on any atom is -0.00201 e. The van der Waals surface area contributed by atoms with Crippen LogP contribution in [0, 0.1) is 11.8 Å². The van der Waals surface area contributed by atoms with Crippen molar-refractivity contribution >= 4 is 11.8 Å². The Bertz CT molecular complexity index is 116. The van der Waals surface area contributed by atoms with Crippen molar-refractivity contribution in [3.05, 3.63) is 0 Å². The summed E-state index contributed by atoms with van der Waals surface area (Å²) in [6.45, 7) is 11.5. The fraction of sp³-hybridized carbons (Fsp3) is 1.00. The van der Waals surface area contributed by atoms with Crippen molar-refractivity contribution in [1.82, 2.24) is 5.32 Å². The summed E-state index contributed by atoms with van der Waals surface area (Å²) in [4.78, 5) is 0. The molecule has 0 aliphatic heterocycles. The normalized spacial score (nSPS) is 13.4. The van der Waals surface area contributed by atoms with Gasteiger partial charge >= 0.3 is 0 Å². The molecule has 0 aliphatic carbocycles. The highest BCUT2D eigenvalue weighted by molar-refractivity contribution is 7.99. The molecular weight excluding hydrogens is 202 g/mol. The zero-order chi connectivity index (χ0) is 11.5. The van der Waals surface area contributed by atoms with Crippen molar-refractivity contribution in [2.45, 2.75) is 47.0 Å². The molecule has 0 aliphatic rings. The fourth-order valence-electron chi connectivity index (χ4n) is 1.85. The molecule has 0 aromatic carbocycles. The van der Waals surface area contributed by atoms with Crippen molar-refractivity contribution in [3.63, 3.8) is 0 Å². The van der Waals surface area contributed by atoms with Crippen LogP contribution in [0.1, 0.15) is 47.0 Å². The average Bonchev–Trinajstić information content (AvgIpc) is 2.17. The Morgan fingerprint density at radius 3 is 2.47 bits per heavy atom. The van der Waals surface area contributed by atoms with Crippen LogP contribution >= 0.6 is 11.8 Å². The van der Waals surface area contributed by atoms with Gasteiger partial charge in [-0.15, -0.1) is 0 Å². The summed E-state index contributed by atoms with van der Waals surface area (Å²) in [5.74, 6) is 4.32. The van der Waals surface area contributed by atoms with Gasteiger partial charge in [0.05, 0.1) is 0 Å². The Labute approximate surface area is 101 Å². The highest BCUT2D eigenvalue weighted by Gasteiger charge is 2.10. The molecule has 0 saturated carbocycles. The zero-order valence-electron chi connectivity index (χ0n) is 11.0. The highest BCUT2D eigenvalue weighted by atomic mass is 32.2. The highest BCUT2D eigenvalue weighted by Crippen LogP contribution is 2.17. The summed E-state index contributed by atoms with van der Waals surface area (Å²) >= 11 is 2.07. The molecule has 0 spiro atoms. The second-order valence-electron chi connectivity index (χ2n) is 4.69. The van der Waals surface area contributed by atoms with Crippen LogP contribution in [0.4, 0.5) is 0 Å². The molecule has 0 amide bonds. The van der Waals surface area contributed by atoms with Crippen molar-refractivity contribution in [1.29, 1.82) is 0 Å². The van der Waals surface area contributed by atoms with Crippen LogP contribution in [0.2, 0.25) is 0 Å². The predicted octanol–water partition coefficient (Wildman–Crippen LogP) is 3.79. The second-order valence-corrected chi connectivity index (χ2v) is 6.08. The standard InChI is InChI=1S/C13H29NS/c1-5-8-14-11-13(10-12(3)4)7-9-15-6-2/h12-14H,5-11H2,1-4H3. The molecule has 1 N–H and O–H groups in total. The van der Waals surface area contributed by atoms with Gasteiger partial charge in [-0.25, -0.2) is 0 Å². The molecule has 0 aromatic rings. The molecule has 0 bridgehead atoms. The Morgan fingerprint density at radius 2 is 1.93 bits per heavy atom. The fourth-order valence-corrected chi connectivity index (χ4v) is 2.64. The maximum absolute atomic E-state index is 3.56. The van der Waals surface area contributed by atoms with Crippen molar-refractivity contribution in [3.8, 4) is 0 Å². The third-order valence-corrected chi connectivity index (χ3v) is 3.47. The second kappa shape index (κ2) is 10.8. The molecule has 0 saturated heterocycles. The predicted molar refractivity (Wildman–Crippen MR) is 73.7 cm³/mol. The Hall–Kier alpha value is 0.310. The molecule has 92 valence electrons. The van der Waals surface area contributed by atoms with Gasteiger partial charge < -0.3 is 5.32 Å². The minimum absolute atomic E-state index is 0.838. The van der Waals surface area contributed by atoms with E-state index >= 15 is 0 Å². The van der Waals surface area contributed by atoms with E-state index in [0.717, 1.165) is 11.8 Å². The molecule has 1 unspecified atom stereocenters. The third kappa shape index (κ3) is 10.6. The molecule has 1 nitrogen and oxygen atoms in total. The monoisotopic (exact) mass is 231 g/mol. The van der Waals surface area contributed by atoms with Crippen LogP contribution in [-0.4, -0.2) is 24.6 Å². The molecule has 0 radical (unpaired) electrons. The van der Waals surface area contributed by atoms with Gasteiger partial charge in [-0.2, -0.15) is 11.8 Å². The van der Waals surface area contributed by atoms with E-state index in [1.165, 1.54) is 43.9 Å². The van der Waals surface area contributed by atoms with E-state index in [1.807, 2.05) is 0 Å². The third-order valence-electron chi connectivity index (χ3n) is 2.54. The molecule has 15 heavy (non-hydrogen) atoms. The number of thioether (sulfide) groups is 1. The van der Waals surface area contributed by atoms with E-state index in [2.05, 4.69) is 44.8 Å². The summed E-state index contributed by atoms with van der Waals surface area (Å²) in [7, 11) is 0. The van der Waals surface area contributed by atoms with Crippen LogP contribution in [0.25, 0.3) is 0 Å². The number of rotatable bonds is 10. The lowest BCUT2D eigenvalue weighted by Crippen LogP contribution is -2.25. The number of hydrogen-bond donors (Lipinski definition) is 1. The van der Waals surface area contributed by atoms with Gasteiger partial charge in [0.25, 0.3) is 0 Å². The molecule has 1 atom stereocenters. The first-order chi connectivity index (χ1) is 7.20. The SMILES string of the molecule is CCCNCC(CCSCC)CC(C)C. The largest absolute Gasteiger partial charge is 0.316 e. The minimum atomic E-state index is 0.838. The molecule has 2 heteroatoms. The Kier molecular flexibility index (Phi) is 11.0. The first-order valence-corrected chi connectivity index (χ1v) is 7.64. The lowest BCUT2D eigenvalue weighted by molar-refractivity contribution is 0.380. The smallest absolute Gasteiger partial charge is 0.00201 e. The van der Waals surface area contributed by atoms with E-state index in [4.69, 9.17) is 0 Å². The summed E-state index contributed by atoms with van der Waals surface area (Å²) in [5, 5.41) is 3.56. The summed E-state index contributed by atoms with van der Waals surface area (Å²) in [6, 6.07) is 0. The molecular formula is C13H29NS. The Morgan fingerprint density at radius 1 is 1.20 bits per heavy atom. The number of hydrogen-bond acceptors (Lipinski definition) is 2. The van der Waals surface area contributed by atoms with Crippen LogP contribution in [0.5, 0.6) is 0 Å². The van der Waals surface area contributed by atoms with E-state index < -0.39 is 0 Å². The topological polar surface area (TPSA) is 12.0 Å². The van der Waals surface area contributed by atoms with E-state index in [9.17, 15) is 0 Å². The van der Waals surface area contributed by atoms with Gasteiger partial charge in [-0.05, 0) is 55.7 Å². The van der Waals surface area contributed by atoms with E-state index in [-0.39, 0.29) is 0 Å². The van der Waals surface area contributed by atoms with E-state index in [1.54, 1.807) is 0 Å². The first-order valence-electron chi connectivity index (χ1n) is 6.49. The van der Waals surface area contributed by atoms with Crippen LogP contribution in [0.15, 0.2) is 0 Å². The lowest BCUT2D eigenvalue weighted by Gasteiger charge is -2.19. The van der Waals surface area contributed by atoms with Gasteiger partial charge in [-0.3, -0.25) is 0 Å². The van der Waals surface area contributed by atoms with Crippen molar-refractivity contribution < 1.29 is 0 Å². The van der Waals surface area contributed by atoms with Gasteiger partial charge in [0.2, 0.25) is 0 Å². The Balaban J connectivity index is 3.63. The van der Waals surface area contributed by atoms with Crippen molar-refractivity contribution in [2.75, 3.05) is 24.6 Å². The molecule has 0 rings (SSSR count). The summed E-state index contributed by atoms with van der Waals surface area (Å²) in [6.07, 6.45) is 4.01. The van der Waals surface area contributed by atoms with Gasteiger partial charge in [-0.1, -0.05) is 27.7 Å². The first kappa shape index (κ1) is 15.3. The summed E-state index contributed by atoms with van der Waals surface area (Å²) < 4.78 is 0. The molecule has 0 fully saturated rings. The molecule has 0 heterocycles. The maximum atomic E-state index is 3.56. The summed E-state index contributed by atoms with van der Waals surface area (Å²) in [5.41, 5.74) is 0.